The molecule has 0 atom stereocenters. The highest BCUT2D eigenvalue weighted by Gasteiger charge is 2.13. The fourth-order valence-corrected chi connectivity index (χ4v) is 1.89. The highest BCUT2D eigenvalue weighted by atomic mass is 79.9. The molecule has 88 valence electrons. The Morgan fingerprint density at radius 1 is 1.53 bits per heavy atom. The normalized spacial score (nSPS) is 10.5. The minimum atomic E-state index is -0.380. The highest BCUT2D eigenvalue weighted by Crippen LogP contribution is 2.17. The third kappa shape index (κ3) is 2.61. The first-order valence-electron chi connectivity index (χ1n) is 5.01. The van der Waals surface area contributed by atoms with Crippen molar-refractivity contribution in [2.45, 2.75) is 6.42 Å². The average molecular weight is 297 g/mol. The van der Waals surface area contributed by atoms with Crippen LogP contribution in [0.15, 0.2) is 35.2 Å². The molecule has 2 aromatic rings. The zero-order chi connectivity index (χ0) is 12.4. The van der Waals surface area contributed by atoms with E-state index in [-0.39, 0.29) is 18.0 Å². The predicted molar refractivity (Wildman–Crippen MR) is 65.3 cm³/mol. The number of ketones is 1. The van der Waals surface area contributed by atoms with Crippen LogP contribution in [0.2, 0.25) is 0 Å². The van der Waals surface area contributed by atoms with Gasteiger partial charge in [0.1, 0.15) is 11.5 Å². The standard InChI is InChI=1S/C12H10BrFN2O/c1-16-7-15-6-11(16)12(17)4-8-2-3-9(13)5-10(8)14/h2-3,5-7H,4H2,1H3. The monoisotopic (exact) mass is 296 g/mol. The van der Waals surface area contributed by atoms with E-state index in [2.05, 4.69) is 20.9 Å². The average Bonchev–Trinajstić information content (AvgIpc) is 2.68. The van der Waals surface area contributed by atoms with Crippen LogP contribution in [0.4, 0.5) is 4.39 Å². The lowest BCUT2D eigenvalue weighted by molar-refractivity contribution is 0.0984. The predicted octanol–water partition coefficient (Wildman–Crippen LogP) is 2.75. The van der Waals surface area contributed by atoms with Gasteiger partial charge in [-0.3, -0.25) is 4.79 Å². The maximum absolute atomic E-state index is 13.5. The molecule has 3 nitrogen and oxygen atoms in total. The van der Waals surface area contributed by atoms with E-state index in [4.69, 9.17) is 0 Å². The zero-order valence-electron chi connectivity index (χ0n) is 9.15. The first kappa shape index (κ1) is 12.0. The Hall–Kier alpha value is -1.49. The van der Waals surface area contributed by atoms with Gasteiger partial charge >= 0.3 is 0 Å². The van der Waals surface area contributed by atoms with Gasteiger partial charge in [0.2, 0.25) is 0 Å². The fraction of sp³-hybridized carbons (Fsp3) is 0.167. The van der Waals surface area contributed by atoms with Gasteiger partial charge in [0.15, 0.2) is 5.78 Å². The van der Waals surface area contributed by atoms with Crippen LogP contribution in [-0.2, 0) is 13.5 Å². The van der Waals surface area contributed by atoms with E-state index in [1.54, 1.807) is 30.1 Å². The molecule has 0 saturated heterocycles. The second-order valence-corrected chi connectivity index (χ2v) is 4.64. The molecule has 0 N–H and O–H groups in total. The third-order valence-electron chi connectivity index (χ3n) is 2.47. The van der Waals surface area contributed by atoms with E-state index in [1.165, 1.54) is 12.3 Å². The number of hydrogen-bond donors (Lipinski definition) is 0. The van der Waals surface area contributed by atoms with E-state index in [1.807, 2.05) is 0 Å². The minimum absolute atomic E-state index is 0.0403. The van der Waals surface area contributed by atoms with Crippen LogP contribution >= 0.6 is 15.9 Å². The lowest BCUT2D eigenvalue weighted by Crippen LogP contribution is -2.09. The number of aryl methyl sites for hydroxylation is 1. The van der Waals surface area contributed by atoms with Gasteiger partial charge in [-0.25, -0.2) is 9.37 Å². The van der Waals surface area contributed by atoms with Gasteiger partial charge in [0, 0.05) is 17.9 Å². The fourth-order valence-electron chi connectivity index (χ4n) is 1.55. The van der Waals surface area contributed by atoms with Crippen molar-refractivity contribution in [2.24, 2.45) is 7.05 Å². The SMILES string of the molecule is Cn1cncc1C(=O)Cc1ccc(Br)cc1F. The van der Waals surface area contributed by atoms with Gasteiger partial charge in [-0.2, -0.15) is 0 Å². The van der Waals surface area contributed by atoms with Crippen molar-refractivity contribution in [2.75, 3.05) is 0 Å². The molecule has 0 amide bonds. The number of rotatable bonds is 3. The summed E-state index contributed by atoms with van der Waals surface area (Å²) >= 11 is 3.17. The largest absolute Gasteiger partial charge is 0.331 e. The van der Waals surface area contributed by atoms with Crippen LogP contribution in [0.5, 0.6) is 0 Å². The molecule has 0 aliphatic rings. The smallest absolute Gasteiger partial charge is 0.185 e. The van der Waals surface area contributed by atoms with Gasteiger partial charge in [-0.1, -0.05) is 22.0 Å². The first-order chi connectivity index (χ1) is 8.08. The van der Waals surface area contributed by atoms with Crippen molar-refractivity contribution in [1.82, 2.24) is 9.55 Å². The Labute approximate surface area is 106 Å². The van der Waals surface area contributed by atoms with Gasteiger partial charge in [-0.15, -0.1) is 0 Å². The van der Waals surface area contributed by atoms with E-state index in [0.717, 1.165) is 0 Å². The van der Waals surface area contributed by atoms with E-state index in [0.29, 0.717) is 15.7 Å². The summed E-state index contributed by atoms with van der Waals surface area (Å²) in [4.78, 5) is 15.8. The minimum Gasteiger partial charge on any atom is -0.331 e. The van der Waals surface area contributed by atoms with Crippen LogP contribution in [0, 0.1) is 5.82 Å². The molecule has 1 aromatic carbocycles. The Morgan fingerprint density at radius 2 is 2.29 bits per heavy atom. The summed E-state index contributed by atoms with van der Waals surface area (Å²) in [5.74, 6) is -0.527. The molecule has 0 bridgehead atoms. The number of nitrogens with zero attached hydrogens (tertiary/aromatic N) is 2. The molecular weight excluding hydrogens is 287 g/mol. The summed E-state index contributed by atoms with van der Waals surface area (Å²) in [6.07, 6.45) is 3.07. The van der Waals surface area contributed by atoms with Gasteiger partial charge in [0.05, 0.1) is 12.5 Å². The van der Waals surface area contributed by atoms with E-state index >= 15 is 0 Å². The summed E-state index contributed by atoms with van der Waals surface area (Å²) in [7, 11) is 1.73. The number of aromatic nitrogens is 2. The molecular formula is C12H10BrFN2O. The third-order valence-corrected chi connectivity index (χ3v) is 2.96. The van der Waals surface area contributed by atoms with Gasteiger partial charge < -0.3 is 4.57 Å². The quantitative estimate of drug-likeness (QED) is 0.817. The van der Waals surface area contributed by atoms with Crippen LogP contribution < -0.4 is 0 Å². The molecule has 5 heteroatoms. The van der Waals surface area contributed by atoms with Crippen molar-refractivity contribution in [3.8, 4) is 0 Å². The molecule has 0 spiro atoms. The summed E-state index contributed by atoms with van der Waals surface area (Å²) in [5, 5.41) is 0. The number of halogens is 2. The summed E-state index contributed by atoms with van der Waals surface area (Å²) in [6, 6.07) is 4.68. The van der Waals surface area contributed by atoms with Crippen molar-refractivity contribution in [1.29, 1.82) is 0 Å². The number of carbonyl (C=O) groups is 1. The topological polar surface area (TPSA) is 34.9 Å². The first-order valence-corrected chi connectivity index (χ1v) is 5.80. The van der Waals surface area contributed by atoms with Crippen LogP contribution in [-0.4, -0.2) is 15.3 Å². The zero-order valence-corrected chi connectivity index (χ0v) is 10.7. The number of hydrogen-bond acceptors (Lipinski definition) is 2. The van der Waals surface area contributed by atoms with E-state index < -0.39 is 0 Å². The number of benzene rings is 1. The molecule has 0 radical (unpaired) electrons. The van der Waals surface area contributed by atoms with Crippen LogP contribution in [0.3, 0.4) is 0 Å². The van der Waals surface area contributed by atoms with Crippen molar-refractivity contribution >= 4 is 21.7 Å². The van der Waals surface area contributed by atoms with E-state index in [9.17, 15) is 9.18 Å². The molecule has 0 fully saturated rings. The van der Waals surface area contributed by atoms with Crippen molar-refractivity contribution in [3.05, 3.63) is 52.3 Å². The summed E-state index contributed by atoms with van der Waals surface area (Å²) in [5.41, 5.74) is 0.867. The van der Waals surface area contributed by atoms with Crippen LogP contribution in [0.1, 0.15) is 16.1 Å². The molecule has 0 aliphatic heterocycles. The Kier molecular flexibility index (Phi) is 3.38. The van der Waals surface area contributed by atoms with Gasteiger partial charge in [0.25, 0.3) is 0 Å². The summed E-state index contributed by atoms with van der Waals surface area (Å²) in [6.45, 7) is 0. The number of carbonyl (C=O) groups excluding carboxylic acids is 1. The molecule has 2 rings (SSSR count). The lowest BCUT2D eigenvalue weighted by Gasteiger charge is -2.04. The van der Waals surface area contributed by atoms with Crippen molar-refractivity contribution < 1.29 is 9.18 Å². The summed E-state index contributed by atoms with van der Waals surface area (Å²) < 4.78 is 15.8. The highest BCUT2D eigenvalue weighted by molar-refractivity contribution is 9.10. The maximum atomic E-state index is 13.5. The molecule has 17 heavy (non-hydrogen) atoms. The number of imidazole rings is 1. The Morgan fingerprint density at radius 3 is 2.88 bits per heavy atom. The molecule has 0 aliphatic carbocycles. The molecule has 1 aromatic heterocycles. The molecule has 0 unspecified atom stereocenters. The van der Waals surface area contributed by atoms with Crippen molar-refractivity contribution in [3.63, 3.8) is 0 Å². The molecule has 1 heterocycles. The lowest BCUT2D eigenvalue weighted by atomic mass is 10.1. The maximum Gasteiger partial charge on any atom is 0.185 e. The van der Waals surface area contributed by atoms with Crippen LogP contribution in [0.25, 0.3) is 0 Å². The Balaban J connectivity index is 2.22. The second-order valence-electron chi connectivity index (χ2n) is 3.73. The van der Waals surface area contributed by atoms with Gasteiger partial charge in [-0.05, 0) is 17.7 Å². The Bertz CT molecular complexity index is 565. The second kappa shape index (κ2) is 4.79. The number of Topliss-reactive ketones (excluding diaryl/α,β-unsaturated/α-hetero) is 1. The molecule has 0 saturated carbocycles.